The number of rotatable bonds is 5. The second-order valence-electron chi connectivity index (χ2n) is 4.56. The summed E-state index contributed by atoms with van der Waals surface area (Å²) in [4.78, 5) is 18.1. The molecule has 1 aliphatic rings. The number of nitrogens with one attached hydrogen (secondary N) is 1. The molecular formula is C13H20N4O2. The molecule has 2 rings (SSSR count). The molecule has 0 unspecified atom stereocenters. The third kappa shape index (κ3) is 4.84. The van der Waals surface area contributed by atoms with Crippen molar-refractivity contribution in [3.63, 3.8) is 0 Å². The predicted octanol–water partition coefficient (Wildman–Crippen LogP) is -0.345. The number of anilines is 1. The number of carbonyl (C=O) groups excluding carboxylic acids is 1. The fraction of sp³-hybridized carbons (Fsp3) is 0.538. The average molecular weight is 264 g/mol. The third-order valence-corrected chi connectivity index (χ3v) is 3.04. The Morgan fingerprint density at radius 2 is 2.21 bits per heavy atom. The van der Waals surface area contributed by atoms with Crippen molar-refractivity contribution in [3.8, 4) is 0 Å². The molecule has 1 aromatic heterocycles. The highest BCUT2D eigenvalue weighted by molar-refractivity contribution is 5.78. The summed E-state index contributed by atoms with van der Waals surface area (Å²) in [6.07, 6.45) is 1.86. The molecule has 0 saturated carbocycles. The van der Waals surface area contributed by atoms with E-state index in [1.807, 2.05) is 0 Å². The zero-order valence-corrected chi connectivity index (χ0v) is 11.0. The summed E-state index contributed by atoms with van der Waals surface area (Å²) in [5.74, 6) is -0.00877. The van der Waals surface area contributed by atoms with E-state index in [0.29, 0.717) is 18.7 Å². The Bertz CT molecular complexity index is 402. The molecule has 1 aromatic rings. The molecule has 1 fully saturated rings. The number of morpholine rings is 1. The second kappa shape index (κ2) is 7.06. The van der Waals surface area contributed by atoms with Gasteiger partial charge in [0, 0.05) is 31.9 Å². The zero-order valence-electron chi connectivity index (χ0n) is 11.0. The summed E-state index contributed by atoms with van der Waals surface area (Å²) < 4.78 is 5.27. The van der Waals surface area contributed by atoms with Gasteiger partial charge in [-0.3, -0.25) is 14.7 Å². The summed E-state index contributed by atoms with van der Waals surface area (Å²) in [5, 5.41) is 2.90. The van der Waals surface area contributed by atoms with Gasteiger partial charge in [-0.2, -0.15) is 0 Å². The maximum absolute atomic E-state index is 11.7. The zero-order chi connectivity index (χ0) is 13.5. The van der Waals surface area contributed by atoms with Crippen molar-refractivity contribution in [1.82, 2.24) is 15.2 Å². The predicted molar refractivity (Wildman–Crippen MR) is 72.6 cm³/mol. The number of nitrogens with zero attached hydrogens (tertiary/aromatic N) is 2. The molecule has 1 saturated heterocycles. The molecule has 0 spiro atoms. The lowest BCUT2D eigenvalue weighted by atomic mass is 10.2. The van der Waals surface area contributed by atoms with E-state index in [4.69, 9.17) is 10.5 Å². The maximum atomic E-state index is 11.7. The lowest BCUT2D eigenvalue weighted by Crippen LogP contribution is -2.41. The van der Waals surface area contributed by atoms with Crippen molar-refractivity contribution >= 4 is 11.6 Å². The number of carbonyl (C=O) groups is 1. The molecule has 1 aliphatic heterocycles. The van der Waals surface area contributed by atoms with Gasteiger partial charge in [-0.15, -0.1) is 0 Å². The smallest absolute Gasteiger partial charge is 0.226 e. The molecule has 0 aliphatic carbocycles. The maximum Gasteiger partial charge on any atom is 0.226 e. The van der Waals surface area contributed by atoms with Gasteiger partial charge in [-0.25, -0.2) is 0 Å². The Morgan fingerprint density at radius 1 is 1.42 bits per heavy atom. The van der Waals surface area contributed by atoms with Crippen LogP contribution in [-0.4, -0.2) is 55.2 Å². The van der Waals surface area contributed by atoms with Crippen LogP contribution in [0.1, 0.15) is 5.69 Å². The van der Waals surface area contributed by atoms with E-state index in [1.165, 1.54) is 0 Å². The summed E-state index contributed by atoms with van der Waals surface area (Å²) in [7, 11) is 0. The van der Waals surface area contributed by atoms with Crippen molar-refractivity contribution in [1.29, 1.82) is 0 Å². The number of nitrogen functional groups attached to an aromatic ring is 1. The van der Waals surface area contributed by atoms with Gasteiger partial charge < -0.3 is 15.8 Å². The largest absolute Gasteiger partial charge is 0.397 e. The van der Waals surface area contributed by atoms with E-state index < -0.39 is 0 Å². The van der Waals surface area contributed by atoms with E-state index in [-0.39, 0.29) is 5.91 Å². The Kier molecular flexibility index (Phi) is 5.11. The van der Waals surface area contributed by atoms with E-state index >= 15 is 0 Å². The molecule has 0 atom stereocenters. The number of hydrogen-bond acceptors (Lipinski definition) is 5. The van der Waals surface area contributed by atoms with Gasteiger partial charge in [0.2, 0.25) is 5.91 Å². The van der Waals surface area contributed by atoms with Crippen LogP contribution in [0.2, 0.25) is 0 Å². The standard InChI is InChI=1S/C13H20N4O2/c14-11-1-2-12(16-10-11)9-13(18)15-3-4-17-5-7-19-8-6-17/h1-2,10H,3-9,14H2,(H,15,18). The molecule has 0 radical (unpaired) electrons. The average Bonchev–Trinajstić information content (AvgIpc) is 2.43. The first-order valence-electron chi connectivity index (χ1n) is 6.51. The highest BCUT2D eigenvalue weighted by atomic mass is 16.5. The van der Waals surface area contributed by atoms with Crippen LogP contribution in [0.25, 0.3) is 0 Å². The van der Waals surface area contributed by atoms with E-state index in [2.05, 4.69) is 15.2 Å². The monoisotopic (exact) mass is 264 g/mol. The van der Waals surface area contributed by atoms with Crippen molar-refractivity contribution < 1.29 is 9.53 Å². The molecule has 104 valence electrons. The highest BCUT2D eigenvalue weighted by Gasteiger charge is 2.10. The Balaban J connectivity index is 1.65. The highest BCUT2D eigenvalue weighted by Crippen LogP contribution is 2.01. The first-order chi connectivity index (χ1) is 9.24. The van der Waals surface area contributed by atoms with Gasteiger partial charge in [0.15, 0.2) is 0 Å². The fourth-order valence-electron chi connectivity index (χ4n) is 1.95. The Hall–Kier alpha value is -1.66. The number of ether oxygens (including phenoxy) is 1. The van der Waals surface area contributed by atoms with Crippen LogP contribution in [0.15, 0.2) is 18.3 Å². The molecule has 6 heteroatoms. The van der Waals surface area contributed by atoms with Crippen LogP contribution < -0.4 is 11.1 Å². The number of aromatic nitrogens is 1. The fourth-order valence-corrected chi connectivity index (χ4v) is 1.95. The molecule has 0 aromatic carbocycles. The van der Waals surface area contributed by atoms with Gasteiger partial charge >= 0.3 is 0 Å². The number of amides is 1. The van der Waals surface area contributed by atoms with Crippen LogP contribution in [0.4, 0.5) is 5.69 Å². The van der Waals surface area contributed by atoms with Gasteiger partial charge in [0.25, 0.3) is 0 Å². The summed E-state index contributed by atoms with van der Waals surface area (Å²) in [6.45, 7) is 4.97. The Morgan fingerprint density at radius 3 is 2.89 bits per heavy atom. The van der Waals surface area contributed by atoms with Gasteiger partial charge in [0.1, 0.15) is 0 Å². The molecule has 6 nitrogen and oxygen atoms in total. The SMILES string of the molecule is Nc1ccc(CC(=O)NCCN2CCOCC2)nc1. The summed E-state index contributed by atoms with van der Waals surface area (Å²) in [5.41, 5.74) is 6.88. The van der Waals surface area contributed by atoms with Crippen molar-refractivity contribution in [3.05, 3.63) is 24.0 Å². The van der Waals surface area contributed by atoms with Crippen LogP contribution in [-0.2, 0) is 16.0 Å². The minimum absolute atomic E-state index is 0.00877. The summed E-state index contributed by atoms with van der Waals surface area (Å²) in [6, 6.07) is 3.53. The van der Waals surface area contributed by atoms with Gasteiger partial charge in [0.05, 0.1) is 31.5 Å². The second-order valence-corrected chi connectivity index (χ2v) is 4.56. The topological polar surface area (TPSA) is 80.5 Å². The van der Waals surface area contributed by atoms with Gasteiger partial charge in [-0.05, 0) is 12.1 Å². The van der Waals surface area contributed by atoms with Crippen LogP contribution in [0.5, 0.6) is 0 Å². The van der Waals surface area contributed by atoms with Gasteiger partial charge in [-0.1, -0.05) is 0 Å². The van der Waals surface area contributed by atoms with Crippen molar-refractivity contribution in [2.45, 2.75) is 6.42 Å². The molecule has 19 heavy (non-hydrogen) atoms. The first kappa shape index (κ1) is 13.8. The number of hydrogen-bond donors (Lipinski definition) is 2. The number of nitrogens with two attached hydrogens (primary N) is 1. The van der Waals surface area contributed by atoms with Crippen molar-refractivity contribution in [2.24, 2.45) is 0 Å². The first-order valence-corrected chi connectivity index (χ1v) is 6.51. The molecule has 0 bridgehead atoms. The lowest BCUT2D eigenvalue weighted by Gasteiger charge is -2.26. The minimum Gasteiger partial charge on any atom is -0.397 e. The van der Waals surface area contributed by atoms with E-state index in [9.17, 15) is 4.79 Å². The van der Waals surface area contributed by atoms with Crippen LogP contribution in [0.3, 0.4) is 0 Å². The lowest BCUT2D eigenvalue weighted by molar-refractivity contribution is -0.120. The molecule has 1 amide bonds. The molecular weight excluding hydrogens is 244 g/mol. The van der Waals surface area contributed by atoms with E-state index in [1.54, 1.807) is 18.3 Å². The van der Waals surface area contributed by atoms with Crippen LogP contribution >= 0.6 is 0 Å². The van der Waals surface area contributed by atoms with E-state index in [0.717, 1.165) is 38.5 Å². The van der Waals surface area contributed by atoms with Crippen molar-refractivity contribution in [2.75, 3.05) is 45.1 Å². The quantitative estimate of drug-likeness (QED) is 0.760. The van der Waals surface area contributed by atoms with Crippen LogP contribution in [0, 0.1) is 0 Å². The molecule has 2 heterocycles. The minimum atomic E-state index is -0.00877. The molecule has 3 N–H and O–H groups in total. The normalized spacial score (nSPS) is 16.2. The third-order valence-electron chi connectivity index (χ3n) is 3.04. The number of pyridine rings is 1. The summed E-state index contributed by atoms with van der Waals surface area (Å²) >= 11 is 0. The Labute approximate surface area is 112 Å².